The molecule has 1 heterocycles. The first-order valence-electron chi connectivity index (χ1n) is 8.50. The Morgan fingerprint density at radius 1 is 0.913 bits per heavy atom. The molecular formula is C17H32N2O4. The van der Waals surface area contributed by atoms with Crippen molar-refractivity contribution in [3.63, 3.8) is 0 Å². The van der Waals surface area contributed by atoms with Gasteiger partial charge >= 0.3 is 11.9 Å². The number of hydrogen-bond donors (Lipinski definition) is 0. The molecule has 0 aromatic rings. The summed E-state index contributed by atoms with van der Waals surface area (Å²) >= 11 is 0. The van der Waals surface area contributed by atoms with Crippen LogP contribution in [0.5, 0.6) is 0 Å². The van der Waals surface area contributed by atoms with Gasteiger partial charge in [0.25, 0.3) is 0 Å². The van der Waals surface area contributed by atoms with Crippen molar-refractivity contribution >= 4 is 11.9 Å². The quantitative estimate of drug-likeness (QED) is 0.669. The Hall–Kier alpha value is -1.14. The molecule has 134 valence electrons. The maximum absolute atomic E-state index is 12.0. The fourth-order valence-corrected chi connectivity index (χ4v) is 3.66. The van der Waals surface area contributed by atoms with Gasteiger partial charge in [0.2, 0.25) is 0 Å². The van der Waals surface area contributed by atoms with Crippen LogP contribution in [0.2, 0.25) is 0 Å². The number of ether oxygens (including phenoxy) is 2. The molecule has 0 N–H and O–H groups in total. The molecule has 0 atom stereocenters. The molecule has 0 aromatic carbocycles. The number of esters is 2. The Labute approximate surface area is 140 Å². The molecule has 0 bridgehead atoms. The summed E-state index contributed by atoms with van der Waals surface area (Å²) in [6.45, 7) is 12.9. The summed E-state index contributed by atoms with van der Waals surface area (Å²) in [6, 6.07) is 0. The molecule has 1 aliphatic rings. The van der Waals surface area contributed by atoms with E-state index in [1.807, 2.05) is 0 Å². The lowest BCUT2D eigenvalue weighted by Crippen LogP contribution is -2.67. The molecule has 6 heteroatoms. The van der Waals surface area contributed by atoms with Crippen LogP contribution in [0.1, 0.15) is 60.8 Å². The lowest BCUT2D eigenvalue weighted by atomic mass is 9.81. The standard InChI is InChI=1S/C17H32N2O4/c1-7-22-14(20)12-18(13-15(21)23-8-2)19-16(3,4)10-9-11-17(19,5)6/h7-13H2,1-6H3. The van der Waals surface area contributed by atoms with Gasteiger partial charge in [-0.25, -0.2) is 10.0 Å². The summed E-state index contributed by atoms with van der Waals surface area (Å²) in [5.74, 6) is -0.650. The van der Waals surface area contributed by atoms with Crippen LogP contribution in [0.15, 0.2) is 0 Å². The lowest BCUT2D eigenvalue weighted by Gasteiger charge is -2.56. The molecule has 0 aliphatic carbocycles. The minimum Gasteiger partial charge on any atom is -0.465 e. The molecule has 0 aromatic heterocycles. The molecule has 1 aliphatic heterocycles. The topological polar surface area (TPSA) is 59.1 Å². The molecular weight excluding hydrogens is 296 g/mol. The Bertz CT molecular complexity index is 385. The predicted octanol–water partition coefficient (Wildman–Crippen LogP) is 2.37. The first-order valence-corrected chi connectivity index (χ1v) is 8.50. The molecule has 0 unspecified atom stereocenters. The predicted molar refractivity (Wildman–Crippen MR) is 88.7 cm³/mol. The zero-order chi connectivity index (χ0) is 17.7. The van der Waals surface area contributed by atoms with E-state index in [0.717, 1.165) is 19.3 Å². The summed E-state index contributed by atoms with van der Waals surface area (Å²) in [7, 11) is 0. The number of nitrogens with zero attached hydrogens (tertiary/aromatic N) is 2. The molecule has 0 amide bonds. The van der Waals surface area contributed by atoms with Gasteiger partial charge in [0.15, 0.2) is 0 Å². The van der Waals surface area contributed by atoms with E-state index in [2.05, 4.69) is 32.7 Å². The van der Waals surface area contributed by atoms with Crippen LogP contribution in [0.4, 0.5) is 0 Å². The first kappa shape index (κ1) is 19.9. The molecule has 1 saturated heterocycles. The van der Waals surface area contributed by atoms with Crippen LogP contribution in [0.3, 0.4) is 0 Å². The van der Waals surface area contributed by atoms with Gasteiger partial charge in [-0.1, -0.05) is 0 Å². The van der Waals surface area contributed by atoms with Crippen molar-refractivity contribution in [2.75, 3.05) is 26.3 Å². The summed E-state index contributed by atoms with van der Waals surface area (Å²) in [5, 5.41) is 3.98. The van der Waals surface area contributed by atoms with Gasteiger partial charge in [0.1, 0.15) is 13.1 Å². The molecule has 23 heavy (non-hydrogen) atoms. The van der Waals surface area contributed by atoms with Crippen LogP contribution in [0, 0.1) is 0 Å². The van der Waals surface area contributed by atoms with E-state index in [9.17, 15) is 9.59 Å². The highest BCUT2D eigenvalue weighted by atomic mass is 16.5. The average Bonchev–Trinajstić information content (AvgIpc) is 2.36. The van der Waals surface area contributed by atoms with E-state index < -0.39 is 0 Å². The number of hydrogen-bond acceptors (Lipinski definition) is 6. The molecule has 1 fully saturated rings. The van der Waals surface area contributed by atoms with Gasteiger partial charge in [-0.3, -0.25) is 9.59 Å². The van der Waals surface area contributed by atoms with Gasteiger partial charge in [0.05, 0.1) is 13.2 Å². The number of rotatable bonds is 7. The number of carbonyl (C=O) groups is 2. The van der Waals surface area contributed by atoms with Gasteiger partial charge in [-0.15, -0.1) is 0 Å². The summed E-state index contributed by atoms with van der Waals surface area (Å²) in [5.41, 5.74) is -0.276. The van der Waals surface area contributed by atoms with Crippen molar-refractivity contribution < 1.29 is 19.1 Å². The van der Waals surface area contributed by atoms with Crippen LogP contribution < -0.4 is 0 Å². The normalized spacial score (nSPS) is 20.3. The third-order valence-electron chi connectivity index (χ3n) is 4.24. The highest BCUT2D eigenvalue weighted by molar-refractivity contribution is 5.74. The van der Waals surface area contributed by atoms with Crippen molar-refractivity contribution in [3.05, 3.63) is 0 Å². The highest BCUT2D eigenvalue weighted by Crippen LogP contribution is 2.39. The number of piperidine rings is 1. The van der Waals surface area contributed by atoms with E-state index in [-0.39, 0.29) is 36.1 Å². The number of carbonyl (C=O) groups excluding carboxylic acids is 2. The third kappa shape index (κ3) is 5.46. The Morgan fingerprint density at radius 2 is 1.30 bits per heavy atom. The zero-order valence-electron chi connectivity index (χ0n) is 15.5. The van der Waals surface area contributed by atoms with Gasteiger partial charge in [-0.05, 0) is 60.8 Å². The van der Waals surface area contributed by atoms with E-state index in [0.29, 0.717) is 13.2 Å². The average molecular weight is 328 g/mol. The molecule has 0 saturated carbocycles. The van der Waals surface area contributed by atoms with E-state index in [4.69, 9.17) is 9.47 Å². The van der Waals surface area contributed by atoms with Crippen molar-refractivity contribution in [2.45, 2.75) is 71.9 Å². The minimum absolute atomic E-state index is 0.0551. The van der Waals surface area contributed by atoms with Crippen LogP contribution in [-0.4, -0.2) is 59.3 Å². The van der Waals surface area contributed by atoms with Crippen molar-refractivity contribution in [1.82, 2.24) is 10.0 Å². The Balaban J connectivity index is 3.03. The van der Waals surface area contributed by atoms with Crippen molar-refractivity contribution in [3.8, 4) is 0 Å². The van der Waals surface area contributed by atoms with Crippen LogP contribution >= 0.6 is 0 Å². The monoisotopic (exact) mass is 328 g/mol. The Morgan fingerprint density at radius 3 is 1.65 bits per heavy atom. The summed E-state index contributed by atoms with van der Waals surface area (Å²) in [4.78, 5) is 24.0. The maximum atomic E-state index is 12.0. The largest absolute Gasteiger partial charge is 0.465 e. The molecule has 6 nitrogen and oxygen atoms in total. The van der Waals surface area contributed by atoms with Gasteiger partial charge in [0, 0.05) is 11.1 Å². The lowest BCUT2D eigenvalue weighted by molar-refractivity contribution is -0.197. The van der Waals surface area contributed by atoms with Crippen LogP contribution in [0.25, 0.3) is 0 Å². The minimum atomic E-state index is -0.325. The first-order chi connectivity index (χ1) is 10.6. The van der Waals surface area contributed by atoms with Gasteiger partial charge < -0.3 is 9.47 Å². The highest BCUT2D eigenvalue weighted by Gasteiger charge is 2.45. The van der Waals surface area contributed by atoms with E-state index >= 15 is 0 Å². The van der Waals surface area contributed by atoms with Crippen LogP contribution in [-0.2, 0) is 19.1 Å². The van der Waals surface area contributed by atoms with Gasteiger partial charge in [-0.2, -0.15) is 0 Å². The smallest absolute Gasteiger partial charge is 0.321 e. The molecule has 0 radical (unpaired) electrons. The maximum Gasteiger partial charge on any atom is 0.321 e. The second kappa shape index (κ2) is 8.11. The van der Waals surface area contributed by atoms with Crippen molar-refractivity contribution in [2.24, 2.45) is 0 Å². The Kier molecular flexibility index (Phi) is 7.02. The molecule has 1 rings (SSSR count). The van der Waals surface area contributed by atoms with Crippen molar-refractivity contribution in [1.29, 1.82) is 0 Å². The summed E-state index contributed by atoms with van der Waals surface area (Å²) in [6.07, 6.45) is 3.15. The second-order valence-electron chi connectivity index (χ2n) is 7.22. The summed E-state index contributed by atoms with van der Waals surface area (Å²) < 4.78 is 10.2. The zero-order valence-corrected chi connectivity index (χ0v) is 15.5. The fourth-order valence-electron chi connectivity index (χ4n) is 3.66. The third-order valence-corrected chi connectivity index (χ3v) is 4.24. The fraction of sp³-hybridized carbons (Fsp3) is 0.882. The molecule has 0 spiro atoms. The van der Waals surface area contributed by atoms with E-state index in [1.54, 1.807) is 18.9 Å². The number of hydrazine groups is 1. The van der Waals surface area contributed by atoms with E-state index in [1.165, 1.54) is 0 Å². The SMILES string of the molecule is CCOC(=O)CN(CC(=O)OCC)N1C(C)(C)CCCC1(C)C. The second-order valence-corrected chi connectivity index (χ2v) is 7.22.